The summed E-state index contributed by atoms with van der Waals surface area (Å²) in [5, 5.41) is 3.34. The summed E-state index contributed by atoms with van der Waals surface area (Å²) in [5.41, 5.74) is 6.57. The van der Waals surface area contributed by atoms with Gasteiger partial charge < -0.3 is 11.1 Å². The molecule has 1 aromatic rings. The van der Waals surface area contributed by atoms with E-state index in [2.05, 4.69) is 5.32 Å². The number of para-hydroxylation sites is 1. The molecule has 100 valence electrons. The SMILES string of the molecule is CS(=O)(=O)c1ccccc1NC1CCC(N)CC1. The van der Waals surface area contributed by atoms with E-state index >= 15 is 0 Å². The van der Waals surface area contributed by atoms with Crippen molar-refractivity contribution < 1.29 is 8.42 Å². The van der Waals surface area contributed by atoms with Gasteiger partial charge in [-0.3, -0.25) is 0 Å². The molecule has 0 amide bonds. The van der Waals surface area contributed by atoms with Crippen LogP contribution >= 0.6 is 0 Å². The van der Waals surface area contributed by atoms with E-state index in [0.717, 1.165) is 25.7 Å². The fraction of sp³-hybridized carbons (Fsp3) is 0.538. The number of hydrogen-bond acceptors (Lipinski definition) is 4. The van der Waals surface area contributed by atoms with Crippen LogP contribution < -0.4 is 11.1 Å². The van der Waals surface area contributed by atoms with Crippen molar-refractivity contribution in [3.8, 4) is 0 Å². The molecule has 0 aliphatic heterocycles. The van der Waals surface area contributed by atoms with Crippen LogP contribution in [-0.2, 0) is 9.84 Å². The molecule has 0 aromatic heterocycles. The number of rotatable bonds is 3. The summed E-state index contributed by atoms with van der Waals surface area (Å²) in [6.07, 6.45) is 5.24. The highest BCUT2D eigenvalue weighted by molar-refractivity contribution is 7.90. The first kappa shape index (κ1) is 13.4. The smallest absolute Gasteiger partial charge is 0.177 e. The third kappa shape index (κ3) is 3.23. The summed E-state index contributed by atoms with van der Waals surface area (Å²) in [7, 11) is -3.18. The standard InChI is InChI=1S/C13H20N2O2S/c1-18(16,17)13-5-3-2-4-12(13)15-11-8-6-10(14)7-9-11/h2-5,10-11,15H,6-9,14H2,1H3. The van der Waals surface area contributed by atoms with Gasteiger partial charge in [0, 0.05) is 18.3 Å². The van der Waals surface area contributed by atoms with Gasteiger partial charge in [0.15, 0.2) is 9.84 Å². The molecule has 1 aromatic carbocycles. The van der Waals surface area contributed by atoms with Crippen LogP contribution in [0.3, 0.4) is 0 Å². The summed E-state index contributed by atoms with van der Waals surface area (Å²) in [4.78, 5) is 0.375. The molecular weight excluding hydrogens is 248 g/mol. The van der Waals surface area contributed by atoms with E-state index in [9.17, 15) is 8.42 Å². The van der Waals surface area contributed by atoms with E-state index in [4.69, 9.17) is 5.73 Å². The minimum atomic E-state index is -3.18. The van der Waals surface area contributed by atoms with Gasteiger partial charge >= 0.3 is 0 Å². The second-order valence-electron chi connectivity index (χ2n) is 5.02. The number of nitrogens with two attached hydrogens (primary N) is 1. The van der Waals surface area contributed by atoms with Gasteiger partial charge in [-0.05, 0) is 37.8 Å². The Kier molecular flexibility index (Phi) is 3.92. The van der Waals surface area contributed by atoms with Gasteiger partial charge in [-0.25, -0.2) is 8.42 Å². The Balaban J connectivity index is 2.15. The highest BCUT2D eigenvalue weighted by Crippen LogP contribution is 2.25. The van der Waals surface area contributed by atoms with E-state index in [-0.39, 0.29) is 0 Å². The fourth-order valence-electron chi connectivity index (χ4n) is 2.39. The van der Waals surface area contributed by atoms with Crippen molar-refractivity contribution in [1.82, 2.24) is 0 Å². The van der Waals surface area contributed by atoms with Gasteiger partial charge in [0.05, 0.1) is 10.6 Å². The Morgan fingerprint density at radius 2 is 1.78 bits per heavy atom. The summed E-state index contributed by atoms with van der Waals surface area (Å²) in [5.74, 6) is 0. The molecule has 0 bridgehead atoms. The molecule has 1 aliphatic rings. The summed E-state index contributed by atoms with van der Waals surface area (Å²) in [6.45, 7) is 0. The number of nitrogens with one attached hydrogen (secondary N) is 1. The molecule has 0 heterocycles. The molecule has 1 fully saturated rings. The van der Waals surface area contributed by atoms with Crippen molar-refractivity contribution in [1.29, 1.82) is 0 Å². The van der Waals surface area contributed by atoms with E-state index in [0.29, 0.717) is 22.7 Å². The van der Waals surface area contributed by atoms with Gasteiger partial charge in [0.2, 0.25) is 0 Å². The van der Waals surface area contributed by atoms with E-state index in [1.54, 1.807) is 12.1 Å². The molecule has 4 nitrogen and oxygen atoms in total. The van der Waals surface area contributed by atoms with Crippen molar-refractivity contribution in [2.45, 2.75) is 42.7 Å². The molecule has 0 radical (unpaired) electrons. The molecular formula is C13H20N2O2S. The molecule has 0 unspecified atom stereocenters. The van der Waals surface area contributed by atoms with Crippen LogP contribution in [0.4, 0.5) is 5.69 Å². The van der Waals surface area contributed by atoms with Crippen molar-refractivity contribution in [2.75, 3.05) is 11.6 Å². The third-order valence-electron chi connectivity index (χ3n) is 3.42. The summed E-state index contributed by atoms with van der Waals surface area (Å²) in [6, 6.07) is 7.70. The Hall–Kier alpha value is -1.07. The minimum absolute atomic E-state index is 0.299. The van der Waals surface area contributed by atoms with Crippen molar-refractivity contribution >= 4 is 15.5 Å². The average molecular weight is 268 g/mol. The molecule has 0 spiro atoms. The first-order valence-corrected chi connectivity index (χ1v) is 8.17. The molecule has 1 saturated carbocycles. The largest absolute Gasteiger partial charge is 0.381 e. The zero-order valence-corrected chi connectivity index (χ0v) is 11.4. The highest BCUT2D eigenvalue weighted by Gasteiger charge is 2.20. The Labute approximate surface area is 108 Å². The van der Waals surface area contributed by atoms with Crippen molar-refractivity contribution in [3.63, 3.8) is 0 Å². The molecule has 0 atom stereocenters. The molecule has 18 heavy (non-hydrogen) atoms. The fourth-order valence-corrected chi connectivity index (χ4v) is 3.24. The zero-order valence-electron chi connectivity index (χ0n) is 10.6. The predicted molar refractivity (Wildman–Crippen MR) is 73.4 cm³/mol. The van der Waals surface area contributed by atoms with Gasteiger partial charge in [-0.15, -0.1) is 0 Å². The summed E-state index contributed by atoms with van der Waals surface area (Å²) < 4.78 is 23.4. The first-order chi connectivity index (χ1) is 8.47. The molecule has 5 heteroatoms. The van der Waals surface area contributed by atoms with Crippen molar-refractivity contribution in [2.24, 2.45) is 5.73 Å². The van der Waals surface area contributed by atoms with Gasteiger partial charge in [0.25, 0.3) is 0 Å². The van der Waals surface area contributed by atoms with Crippen LogP contribution in [0, 0.1) is 0 Å². The van der Waals surface area contributed by atoms with Gasteiger partial charge in [0.1, 0.15) is 0 Å². The Morgan fingerprint density at radius 1 is 1.17 bits per heavy atom. The molecule has 1 aliphatic carbocycles. The third-order valence-corrected chi connectivity index (χ3v) is 4.57. The maximum absolute atomic E-state index is 11.7. The molecule has 3 N–H and O–H groups in total. The second kappa shape index (κ2) is 5.28. The second-order valence-corrected chi connectivity index (χ2v) is 7.01. The normalized spacial score (nSPS) is 24.8. The topological polar surface area (TPSA) is 72.2 Å². The lowest BCUT2D eigenvalue weighted by atomic mass is 9.92. The lowest BCUT2D eigenvalue weighted by molar-refractivity contribution is 0.410. The number of benzene rings is 1. The lowest BCUT2D eigenvalue weighted by Gasteiger charge is -2.28. The maximum Gasteiger partial charge on any atom is 0.177 e. The van der Waals surface area contributed by atoms with E-state index < -0.39 is 9.84 Å². The molecule has 0 saturated heterocycles. The van der Waals surface area contributed by atoms with E-state index in [1.165, 1.54) is 6.26 Å². The summed E-state index contributed by atoms with van der Waals surface area (Å²) >= 11 is 0. The Bertz CT molecular complexity index is 505. The lowest BCUT2D eigenvalue weighted by Crippen LogP contribution is -2.33. The van der Waals surface area contributed by atoms with Crippen molar-refractivity contribution in [3.05, 3.63) is 24.3 Å². The highest BCUT2D eigenvalue weighted by atomic mass is 32.2. The monoisotopic (exact) mass is 268 g/mol. The quantitative estimate of drug-likeness (QED) is 0.876. The zero-order chi connectivity index (χ0) is 13.2. The van der Waals surface area contributed by atoms with Crippen LogP contribution in [0.2, 0.25) is 0 Å². The minimum Gasteiger partial charge on any atom is -0.381 e. The van der Waals surface area contributed by atoms with Crippen LogP contribution in [0.5, 0.6) is 0 Å². The van der Waals surface area contributed by atoms with Crippen LogP contribution in [0.1, 0.15) is 25.7 Å². The number of hydrogen-bond donors (Lipinski definition) is 2. The maximum atomic E-state index is 11.7. The van der Waals surface area contributed by atoms with Gasteiger partial charge in [-0.1, -0.05) is 12.1 Å². The average Bonchev–Trinajstić information content (AvgIpc) is 2.31. The van der Waals surface area contributed by atoms with Crippen LogP contribution in [-0.4, -0.2) is 26.8 Å². The first-order valence-electron chi connectivity index (χ1n) is 6.28. The molecule has 2 rings (SSSR count). The predicted octanol–water partition coefficient (Wildman–Crippen LogP) is 1.77. The number of anilines is 1. The number of sulfone groups is 1. The Morgan fingerprint density at radius 3 is 2.39 bits per heavy atom. The van der Waals surface area contributed by atoms with Crippen LogP contribution in [0.15, 0.2) is 29.2 Å². The van der Waals surface area contributed by atoms with Crippen LogP contribution in [0.25, 0.3) is 0 Å². The van der Waals surface area contributed by atoms with E-state index in [1.807, 2.05) is 12.1 Å². The van der Waals surface area contributed by atoms with Gasteiger partial charge in [-0.2, -0.15) is 0 Å².